The maximum Gasteiger partial charge on any atom is 0.307 e. The Morgan fingerprint density at radius 1 is 1.10 bits per heavy atom. The van der Waals surface area contributed by atoms with Crippen LogP contribution in [0.1, 0.15) is 15.9 Å². The number of hydrogen-bond acceptors (Lipinski definition) is 7. The number of nitrogen functional groups attached to an aromatic ring is 1. The summed E-state index contributed by atoms with van der Waals surface area (Å²) in [4.78, 5) is 33.1. The van der Waals surface area contributed by atoms with Crippen molar-refractivity contribution in [2.75, 3.05) is 23.8 Å². The molecule has 0 bridgehead atoms. The molecule has 4 rings (SSSR count). The fourth-order valence-corrected chi connectivity index (χ4v) is 3.09. The van der Waals surface area contributed by atoms with Crippen LogP contribution in [-0.2, 0) is 11.2 Å². The summed E-state index contributed by atoms with van der Waals surface area (Å²) in [5.41, 5.74) is 7.35. The van der Waals surface area contributed by atoms with E-state index in [2.05, 4.69) is 9.97 Å². The van der Waals surface area contributed by atoms with E-state index in [0.29, 0.717) is 29.3 Å². The zero-order valence-electron chi connectivity index (χ0n) is 15.8. The van der Waals surface area contributed by atoms with Crippen LogP contribution in [-0.4, -0.2) is 40.1 Å². The zero-order chi connectivity index (χ0) is 21.1. The number of carboxylic acids is 1. The van der Waals surface area contributed by atoms with Gasteiger partial charge in [0, 0.05) is 5.69 Å². The standard InChI is InChI=1S/C21H18N4O5/c22-19-18-20(24-12-23-19)29-10-9-25(21(18)28)14-3-7-16(8-4-14)30-15-5-1-13(2-6-15)11-17(26)27/h1-8,12H,9-11H2,(H,26,27)(H2,22,23,24). The largest absolute Gasteiger partial charge is 0.481 e. The maximum atomic E-state index is 13.0. The third-order valence-corrected chi connectivity index (χ3v) is 4.52. The van der Waals surface area contributed by atoms with E-state index in [4.69, 9.17) is 20.3 Å². The van der Waals surface area contributed by atoms with Gasteiger partial charge in [-0.1, -0.05) is 12.1 Å². The molecular weight excluding hydrogens is 388 g/mol. The molecule has 1 aliphatic heterocycles. The van der Waals surface area contributed by atoms with Crippen LogP contribution in [0.5, 0.6) is 17.4 Å². The van der Waals surface area contributed by atoms with Crippen molar-refractivity contribution < 1.29 is 24.2 Å². The van der Waals surface area contributed by atoms with Gasteiger partial charge in [-0.3, -0.25) is 9.59 Å². The summed E-state index contributed by atoms with van der Waals surface area (Å²) >= 11 is 0. The minimum absolute atomic E-state index is 0.0404. The smallest absolute Gasteiger partial charge is 0.307 e. The van der Waals surface area contributed by atoms with Crippen molar-refractivity contribution in [3.8, 4) is 17.4 Å². The van der Waals surface area contributed by atoms with E-state index >= 15 is 0 Å². The number of carbonyl (C=O) groups excluding carboxylic acids is 1. The molecule has 30 heavy (non-hydrogen) atoms. The van der Waals surface area contributed by atoms with Crippen molar-refractivity contribution in [2.45, 2.75) is 6.42 Å². The van der Waals surface area contributed by atoms with Gasteiger partial charge in [0.1, 0.15) is 35.8 Å². The molecule has 3 aromatic rings. The fourth-order valence-electron chi connectivity index (χ4n) is 3.09. The molecule has 0 saturated carbocycles. The Labute approximate surface area is 171 Å². The van der Waals surface area contributed by atoms with Crippen LogP contribution in [0.4, 0.5) is 11.5 Å². The van der Waals surface area contributed by atoms with Crippen LogP contribution in [0.15, 0.2) is 54.9 Å². The van der Waals surface area contributed by atoms with Gasteiger partial charge in [-0.25, -0.2) is 9.97 Å². The Hall–Kier alpha value is -4.14. The summed E-state index contributed by atoms with van der Waals surface area (Å²) in [7, 11) is 0. The number of carboxylic acid groups (broad SMARTS) is 1. The van der Waals surface area contributed by atoms with Crippen LogP contribution in [0.2, 0.25) is 0 Å². The first kappa shape index (κ1) is 19.2. The number of nitrogens with two attached hydrogens (primary N) is 1. The van der Waals surface area contributed by atoms with Crippen LogP contribution < -0.4 is 20.1 Å². The van der Waals surface area contributed by atoms with Crippen LogP contribution in [0, 0.1) is 0 Å². The van der Waals surface area contributed by atoms with E-state index in [1.807, 2.05) is 0 Å². The minimum Gasteiger partial charge on any atom is -0.481 e. The molecule has 0 spiro atoms. The number of aromatic nitrogens is 2. The van der Waals surface area contributed by atoms with Gasteiger partial charge in [-0.15, -0.1) is 0 Å². The van der Waals surface area contributed by atoms with Gasteiger partial charge < -0.3 is 25.2 Å². The van der Waals surface area contributed by atoms with E-state index in [0.717, 1.165) is 0 Å². The molecule has 0 aliphatic carbocycles. The normalized spacial score (nSPS) is 13.2. The zero-order valence-corrected chi connectivity index (χ0v) is 15.8. The van der Waals surface area contributed by atoms with E-state index in [-0.39, 0.29) is 36.2 Å². The molecule has 1 aliphatic rings. The van der Waals surface area contributed by atoms with Crippen molar-refractivity contribution in [3.63, 3.8) is 0 Å². The summed E-state index contributed by atoms with van der Waals surface area (Å²) < 4.78 is 11.3. The number of ether oxygens (including phenoxy) is 2. The number of benzene rings is 2. The average molecular weight is 406 g/mol. The number of aliphatic carboxylic acids is 1. The summed E-state index contributed by atoms with van der Waals surface area (Å²) in [6, 6.07) is 13.8. The predicted molar refractivity (Wildman–Crippen MR) is 108 cm³/mol. The van der Waals surface area contributed by atoms with E-state index < -0.39 is 5.97 Å². The predicted octanol–water partition coefficient (Wildman–Crippen LogP) is 2.52. The van der Waals surface area contributed by atoms with Crippen LogP contribution in [0.3, 0.4) is 0 Å². The molecule has 3 N–H and O–H groups in total. The fraction of sp³-hybridized carbons (Fsp3) is 0.143. The number of fused-ring (bicyclic) bond motifs is 1. The molecule has 0 atom stereocenters. The third kappa shape index (κ3) is 4.00. The first-order valence-electron chi connectivity index (χ1n) is 9.15. The van der Waals surface area contributed by atoms with Gasteiger partial charge in [0.15, 0.2) is 0 Å². The lowest BCUT2D eigenvalue weighted by Crippen LogP contribution is -2.32. The van der Waals surface area contributed by atoms with Crippen LogP contribution in [0.25, 0.3) is 0 Å². The van der Waals surface area contributed by atoms with E-state index in [1.54, 1.807) is 53.4 Å². The van der Waals surface area contributed by atoms with Gasteiger partial charge in [0.25, 0.3) is 5.91 Å². The second-order valence-corrected chi connectivity index (χ2v) is 6.55. The van der Waals surface area contributed by atoms with Crippen LogP contribution >= 0.6 is 0 Å². The molecule has 0 saturated heterocycles. The SMILES string of the molecule is Nc1ncnc2c1C(=O)N(c1ccc(Oc3ccc(CC(=O)O)cc3)cc1)CCO2. The molecule has 152 valence electrons. The van der Waals surface area contributed by atoms with Crippen molar-refractivity contribution in [1.82, 2.24) is 9.97 Å². The molecule has 1 amide bonds. The van der Waals surface area contributed by atoms with Gasteiger partial charge >= 0.3 is 5.97 Å². The number of nitrogens with zero attached hydrogens (tertiary/aromatic N) is 3. The van der Waals surface area contributed by atoms with Gasteiger partial charge in [0.2, 0.25) is 5.88 Å². The monoisotopic (exact) mass is 406 g/mol. The number of hydrogen-bond donors (Lipinski definition) is 2. The van der Waals surface area contributed by atoms with Gasteiger partial charge in [0.05, 0.1) is 13.0 Å². The summed E-state index contributed by atoms with van der Waals surface area (Å²) in [5.74, 6) is 0.193. The summed E-state index contributed by atoms with van der Waals surface area (Å²) in [6.45, 7) is 0.607. The van der Waals surface area contributed by atoms with E-state index in [1.165, 1.54) is 6.33 Å². The second kappa shape index (κ2) is 8.08. The molecule has 9 nitrogen and oxygen atoms in total. The Bertz CT molecular complexity index is 1080. The lowest BCUT2D eigenvalue weighted by molar-refractivity contribution is -0.136. The van der Waals surface area contributed by atoms with E-state index in [9.17, 15) is 9.59 Å². The van der Waals surface area contributed by atoms with Crippen molar-refractivity contribution in [3.05, 3.63) is 66.0 Å². The molecule has 0 radical (unpaired) electrons. The van der Waals surface area contributed by atoms with Gasteiger partial charge in [-0.05, 0) is 42.0 Å². The van der Waals surface area contributed by atoms with Gasteiger partial charge in [-0.2, -0.15) is 0 Å². The summed E-state index contributed by atoms with van der Waals surface area (Å²) in [6.07, 6.45) is 1.22. The molecule has 0 fully saturated rings. The Morgan fingerprint density at radius 2 is 1.77 bits per heavy atom. The molecule has 1 aromatic heterocycles. The Morgan fingerprint density at radius 3 is 2.43 bits per heavy atom. The number of rotatable bonds is 5. The number of anilines is 2. The van der Waals surface area contributed by atoms with Crippen molar-refractivity contribution >= 4 is 23.4 Å². The lowest BCUT2D eigenvalue weighted by atomic mass is 10.1. The maximum absolute atomic E-state index is 13.0. The number of amides is 1. The second-order valence-electron chi connectivity index (χ2n) is 6.55. The lowest BCUT2D eigenvalue weighted by Gasteiger charge is -2.20. The first-order valence-corrected chi connectivity index (χ1v) is 9.15. The first-order chi connectivity index (χ1) is 14.5. The molecule has 9 heteroatoms. The highest BCUT2D eigenvalue weighted by Crippen LogP contribution is 2.29. The number of carbonyl (C=O) groups is 2. The Kier molecular flexibility index (Phi) is 5.17. The quantitative estimate of drug-likeness (QED) is 0.661. The molecular formula is C21H18N4O5. The highest BCUT2D eigenvalue weighted by molar-refractivity contribution is 6.10. The van der Waals surface area contributed by atoms with Crippen molar-refractivity contribution in [2.24, 2.45) is 0 Å². The Balaban J connectivity index is 1.50. The third-order valence-electron chi connectivity index (χ3n) is 4.52. The average Bonchev–Trinajstić information content (AvgIpc) is 2.89. The van der Waals surface area contributed by atoms with Crippen molar-refractivity contribution in [1.29, 1.82) is 0 Å². The molecule has 2 heterocycles. The highest BCUT2D eigenvalue weighted by Gasteiger charge is 2.28. The topological polar surface area (TPSA) is 128 Å². The molecule has 0 unspecified atom stereocenters. The highest BCUT2D eigenvalue weighted by atomic mass is 16.5. The summed E-state index contributed by atoms with van der Waals surface area (Å²) in [5, 5.41) is 8.83. The molecule has 2 aromatic carbocycles. The minimum atomic E-state index is -0.886.